The molecule has 0 saturated heterocycles. The maximum absolute atomic E-state index is 12.8. The highest BCUT2D eigenvalue weighted by Gasteiger charge is 2.22. The van der Waals surface area contributed by atoms with E-state index in [2.05, 4.69) is 15.9 Å². The highest BCUT2D eigenvalue weighted by Crippen LogP contribution is 2.29. The average molecular weight is 361 g/mol. The SMILES string of the molecule is N#Cc1ccc2cc(Br)n(S(=O)(=O)c3ccccc3)c2c1. The predicted octanol–water partition coefficient (Wildman–Crippen LogP) is 3.51. The van der Waals surface area contributed by atoms with Crippen molar-refractivity contribution in [3.05, 3.63) is 64.8 Å². The number of hydrogen-bond acceptors (Lipinski definition) is 3. The zero-order chi connectivity index (χ0) is 15.0. The van der Waals surface area contributed by atoms with Crippen LogP contribution in [0.2, 0.25) is 0 Å². The highest BCUT2D eigenvalue weighted by atomic mass is 79.9. The van der Waals surface area contributed by atoms with Gasteiger partial charge in [0.15, 0.2) is 0 Å². The van der Waals surface area contributed by atoms with Crippen LogP contribution in [0.5, 0.6) is 0 Å². The molecule has 0 aliphatic rings. The molecule has 21 heavy (non-hydrogen) atoms. The van der Waals surface area contributed by atoms with E-state index in [1.54, 1.807) is 54.6 Å². The summed E-state index contributed by atoms with van der Waals surface area (Å²) in [5.41, 5.74) is 0.891. The van der Waals surface area contributed by atoms with Crippen molar-refractivity contribution in [3.63, 3.8) is 0 Å². The summed E-state index contributed by atoms with van der Waals surface area (Å²) in [5, 5.41) is 9.74. The van der Waals surface area contributed by atoms with Gasteiger partial charge in [-0.15, -0.1) is 0 Å². The van der Waals surface area contributed by atoms with Gasteiger partial charge >= 0.3 is 0 Å². The van der Waals surface area contributed by atoms with Crippen molar-refractivity contribution in [1.82, 2.24) is 3.97 Å². The summed E-state index contributed by atoms with van der Waals surface area (Å²) < 4.78 is 27.2. The maximum Gasteiger partial charge on any atom is 0.269 e. The number of aromatic nitrogens is 1. The molecule has 104 valence electrons. The molecule has 0 radical (unpaired) electrons. The molecule has 3 rings (SSSR count). The van der Waals surface area contributed by atoms with Crippen molar-refractivity contribution in [3.8, 4) is 6.07 Å². The summed E-state index contributed by atoms with van der Waals surface area (Å²) in [6, 6.07) is 16.9. The second kappa shape index (κ2) is 5.02. The van der Waals surface area contributed by atoms with E-state index >= 15 is 0 Å². The molecule has 3 aromatic rings. The Balaban J connectivity index is 2.35. The van der Waals surface area contributed by atoms with Crippen molar-refractivity contribution in [2.45, 2.75) is 4.90 Å². The molecule has 0 unspecified atom stereocenters. The van der Waals surface area contributed by atoms with Crippen molar-refractivity contribution in [2.75, 3.05) is 0 Å². The fourth-order valence-corrected chi connectivity index (χ4v) is 4.58. The summed E-state index contributed by atoms with van der Waals surface area (Å²) in [5.74, 6) is 0. The monoisotopic (exact) mass is 360 g/mol. The lowest BCUT2D eigenvalue weighted by Gasteiger charge is -2.09. The zero-order valence-electron chi connectivity index (χ0n) is 10.7. The highest BCUT2D eigenvalue weighted by molar-refractivity contribution is 9.10. The van der Waals surface area contributed by atoms with Crippen LogP contribution >= 0.6 is 15.9 Å². The van der Waals surface area contributed by atoms with Crippen LogP contribution in [0.1, 0.15) is 5.56 Å². The second-order valence-corrected chi connectivity index (χ2v) is 7.03. The molecule has 2 aromatic carbocycles. The second-order valence-electron chi connectivity index (χ2n) is 4.43. The standard InChI is InChI=1S/C15H9BrN2O2S/c16-15-9-12-7-6-11(10-17)8-14(12)18(15)21(19,20)13-4-2-1-3-5-13/h1-9H. The molecule has 0 amide bonds. The van der Waals surface area contributed by atoms with Crippen LogP contribution in [0.15, 0.2) is 64.1 Å². The van der Waals surface area contributed by atoms with Gasteiger partial charge in [-0.05, 0) is 46.3 Å². The molecule has 4 nitrogen and oxygen atoms in total. The maximum atomic E-state index is 12.8. The Kier molecular flexibility index (Phi) is 3.32. The predicted molar refractivity (Wildman–Crippen MR) is 83.4 cm³/mol. The van der Waals surface area contributed by atoms with Gasteiger partial charge in [-0.2, -0.15) is 5.26 Å². The third-order valence-corrected chi connectivity index (χ3v) is 5.69. The van der Waals surface area contributed by atoms with E-state index in [0.29, 0.717) is 15.7 Å². The van der Waals surface area contributed by atoms with Crippen molar-refractivity contribution >= 4 is 36.9 Å². The summed E-state index contributed by atoms with van der Waals surface area (Å²) in [6.45, 7) is 0. The van der Waals surface area contributed by atoms with Crippen LogP contribution in [0, 0.1) is 11.3 Å². The van der Waals surface area contributed by atoms with Gasteiger partial charge in [0.1, 0.15) is 4.60 Å². The first kappa shape index (κ1) is 13.9. The van der Waals surface area contributed by atoms with Crippen LogP contribution in [0.3, 0.4) is 0 Å². The molecule has 6 heteroatoms. The van der Waals surface area contributed by atoms with Gasteiger partial charge in [-0.25, -0.2) is 12.4 Å². The van der Waals surface area contributed by atoms with Crippen LogP contribution in [0.25, 0.3) is 10.9 Å². The first-order valence-electron chi connectivity index (χ1n) is 6.06. The number of fused-ring (bicyclic) bond motifs is 1. The van der Waals surface area contributed by atoms with Gasteiger partial charge in [-0.1, -0.05) is 24.3 Å². The van der Waals surface area contributed by atoms with Gasteiger partial charge in [0, 0.05) is 5.39 Å². The molecule has 0 saturated carbocycles. The number of rotatable bonds is 2. The minimum Gasteiger partial charge on any atom is -0.227 e. The summed E-state index contributed by atoms with van der Waals surface area (Å²) in [4.78, 5) is 0.200. The van der Waals surface area contributed by atoms with Crippen molar-refractivity contribution < 1.29 is 8.42 Å². The third kappa shape index (κ3) is 2.24. The van der Waals surface area contributed by atoms with E-state index in [9.17, 15) is 8.42 Å². The summed E-state index contributed by atoms with van der Waals surface area (Å²) in [7, 11) is -3.72. The van der Waals surface area contributed by atoms with Crippen LogP contribution < -0.4 is 0 Å². The normalized spacial score (nSPS) is 11.4. The average Bonchev–Trinajstić information content (AvgIpc) is 2.83. The minimum absolute atomic E-state index is 0.200. The molecule has 0 aliphatic heterocycles. The van der Waals surface area contributed by atoms with E-state index < -0.39 is 10.0 Å². The Labute approximate surface area is 130 Å². The van der Waals surface area contributed by atoms with Crippen molar-refractivity contribution in [1.29, 1.82) is 5.26 Å². The summed E-state index contributed by atoms with van der Waals surface area (Å²) >= 11 is 3.29. The van der Waals surface area contributed by atoms with Gasteiger partial charge in [0.2, 0.25) is 0 Å². The topological polar surface area (TPSA) is 62.9 Å². The molecule has 0 bridgehead atoms. The number of benzene rings is 2. The van der Waals surface area contributed by atoms with E-state index in [4.69, 9.17) is 5.26 Å². The first-order valence-corrected chi connectivity index (χ1v) is 8.29. The molecule has 0 atom stereocenters. The molecule has 0 spiro atoms. The van der Waals surface area contributed by atoms with Crippen LogP contribution in [0.4, 0.5) is 0 Å². The molecule has 1 heterocycles. The van der Waals surface area contributed by atoms with E-state index in [-0.39, 0.29) is 4.90 Å². The number of hydrogen-bond donors (Lipinski definition) is 0. The summed E-state index contributed by atoms with van der Waals surface area (Å²) in [6.07, 6.45) is 0. The Bertz CT molecular complexity index is 970. The van der Waals surface area contributed by atoms with Crippen LogP contribution in [-0.4, -0.2) is 12.4 Å². The zero-order valence-corrected chi connectivity index (χ0v) is 13.1. The number of halogens is 1. The van der Waals surface area contributed by atoms with Gasteiger partial charge in [-0.3, -0.25) is 0 Å². The fourth-order valence-electron chi connectivity index (χ4n) is 2.16. The molecule has 1 aromatic heterocycles. The Hall–Kier alpha value is -2.10. The van der Waals surface area contributed by atoms with Crippen LogP contribution in [-0.2, 0) is 10.0 Å². The van der Waals surface area contributed by atoms with Crippen molar-refractivity contribution in [2.24, 2.45) is 0 Å². The smallest absolute Gasteiger partial charge is 0.227 e. The van der Waals surface area contributed by atoms with Gasteiger partial charge < -0.3 is 0 Å². The first-order chi connectivity index (χ1) is 10.0. The molecule has 0 fully saturated rings. The Morgan fingerprint density at radius 3 is 2.43 bits per heavy atom. The lowest BCUT2D eigenvalue weighted by molar-refractivity contribution is 0.588. The number of nitriles is 1. The Morgan fingerprint density at radius 1 is 1.05 bits per heavy atom. The number of nitrogens with zero attached hydrogens (tertiary/aromatic N) is 2. The fraction of sp³-hybridized carbons (Fsp3) is 0. The quantitative estimate of drug-likeness (QED) is 0.702. The van der Waals surface area contributed by atoms with E-state index in [1.807, 2.05) is 6.07 Å². The van der Waals surface area contributed by atoms with E-state index in [0.717, 1.165) is 5.39 Å². The lowest BCUT2D eigenvalue weighted by Crippen LogP contribution is -2.13. The van der Waals surface area contributed by atoms with E-state index in [1.165, 1.54) is 3.97 Å². The molecular formula is C15H9BrN2O2S. The van der Waals surface area contributed by atoms with Gasteiger partial charge in [0.05, 0.1) is 22.0 Å². The minimum atomic E-state index is -3.72. The molecule has 0 aliphatic carbocycles. The molecular weight excluding hydrogens is 352 g/mol. The van der Waals surface area contributed by atoms with Gasteiger partial charge in [0.25, 0.3) is 10.0 Å². The lowest BCUT2D eigenvalue weighted by atomic mass is 10.2. The third-order valence-electron chi connectivity index (χ3n) is 3.13. The largest absolute Gasteiger partial charge is 0.269 e. The molecule has 0 N–H and O–H groups in total. The Morgan fingerprint density at radius 2 is 1.76 bits per heavy atom.